The molecular formula is C8H28N4S4. The Morgan fingerprint density at radius 2 is 0.500 bits per heavy atom. The molecule has 0 heterocycles. The highest BCUT2D eigenvalue weighted by Crippen LogP contribution is 1.59. The molecule has 0 aromatic carbocycles. The van der Waals surface area contributed by atoms with Crippen LogP contribution < -0.4 is 22.9 Å². The highest BCUT2D eigenvalue weighted by Gasteiger charge is 1.57. The van der Waals surface area contributed by atoms with Crippen LogP contribution in [0.15, 0.2) is 0 Å². The SMILES string of the molecule is NCCS.NCCS.NCCS.NCCS. The zero-order valence-electron chi connectivity index (χ0n) is 9.76. The normalized spacial score (nSPS) is 7.50. The maximum absolute atomic E-state index is 4.95. The van der Waals surface area contributed by atoms with E-state index in [9.17, 15) is 0 Å². The highest BCUT2D eigenvalue weighted by molar-refractivity contribution is 7.80. The largest absolute Gasteiger partial charge is 0.330 e. The first-order chi connectivity index (χ1) is 7.66. The summed E-state index contributed by atoms with van der Waals surface area (Å²) in [4.78, 5) is 0. The fraction of sp³-hybridized carbons (Fsp3) is 1.00. The van der Waals surface area contributed by atoms with E-state index in [-0.39, 0.29) is 0 Å². The average Bonchev–Trinajstić information content (AvgIpc) is 2.39. The van der Waals surface area contributed by atoms with Crippen LogP contribution in [0.3, 0.4) is 0 Å². The Hall–Kier alpha value is 1.24. The number of nitrogens with two attached hydrogens (primary N) is 4. The minimum atomic E-state index is 0.684. The lowest BCUT2D eigenvalue weighted by Crippen LogP contribution is -1.97. The van der Waals surface area contributed by atoms with E-state index in [4.69, 9.17) is 22.9 Å². The van der Waals surface area contributed by atoms with E-state index < -0.39 is 0 Å². The topological polar surface area (TPSA) is 104 Å². The van der Waals surface area contributed by atoms with Crippen LogP contribution in [0.4, 0.5) is 0 Å². The van der Waals surface area contributed by atoms with Crippen LogP contribution in [0.1, 0.15) is 0 Å². The molecule has 104 valence electrons. The Morgan fingerprint density at radius 3 is 0.500 bits per heavy atom. The number of hydrogen-bond donors (Lipinski definition) is 8. The van der Waals surface area contributed by atoms with Gasteiger partial charge in [-0.15, -0.1) is 0 Å². The van der Waals surface area contributed by atoms with Crippen LogP contribution in [0, 0.1) is 0 Å². The van der Waals surface area contributed by atoms with Crippen molar-refractivity contribution in [3.8, 4) is 0 Å². The monoisotopic (exact) mass is 308 g/mol. The summed E-state index contributed by atoms with van der Waals surface area (Å²) in [7, 11) is 0. The van der Waals surface area contributed by atoms with Crippen molar-refractivity contribution in [2.75, 3.05) is 49.2 Å². The molecule has 0 saturated heterocycles. The van der Waals surface area contributed by atoms with Crippen LogP contribution in [-0.2, 0) is 0 Å². The number of rotatable bonds is 4. The van der Waals surface area contributed by atoms with Crippen molar-refractivity contribution in [2.45, 2.75) is 0 Å². The molecule has 0 radical (unpaired) electrons. The molecule has 0 spiro atoms. The van der Waals surface area contributed by atoms with E-state index in [0.29, 0.717) is 26.2 Å². The van der Waals surface area contributed by atoms with Gasteiger partial charge < -0.3 is 22.9 Å². The van der Waals surface area contributed by atoms with Gasteiger partial charge in [0.15, 0.2) is 0 Å². The van der Waals surface area contributed by atoms with Crippen molar-refractivity contribution in [3.05, 3.63) is 0 Å². The fourth-order valence-corrected chi connectivity index (χ4v) is 0. The molecule has 0 aromatic heterocycles. The van der Waals surface area contributed by atoms with Gasteiger partial charge >= 0.3 is 0 Å². The van der Waals surface area contributed by atoms with Gasteiger partial charge in [-0.3, -0.25) is 0 Å². The molecule has 0 aliphatic carbocycles. The zero-order valence-corrected chi connectivity index (χ0v) is 13.3. The van der Waals surface area contributed by atoms with Gasteiger partial charge in [0.2, 0.25) is 0 Å². The molecule has 0 rings (SSSR count). The van der Waals surface area contributed by atoms with Crippen molar-refractivity contribution < 1.29 is 0 Å². The molecule has 0 bridgehead atoms. The van der Waals surface area contributed by atoms with Crippen LogP contribution in [0.2, 0.25) is 0 Å². The van der Waals surface area contributed by atoms with E-state index in [1.165, 1.54) is 0 Å². The van der Waals surface area contributed by atoms with E-state index >= 15 is 0 Å². The molecule has 4 nitrogen and oxygen atoms in total. The molecule has 8 N–H and O–H groups in total. The summed E-state index contributed by atoms with van der Waals surface area (Å²) < 4.78 is 0. The Balaban J connectivity index is -0.0000000600. The third-order valence-corrected chi connectivity index (χ3v) is 1.55. The number of hydrogen-bond acceptors (Lipinski definition) is 8. The summed E-state index contributed by atoms with van der Waals surface area (Å²) in [5, 5.41) is 0. The Bertz CT molecular complexity index is 48.0. The average molecular weight is 309 g/mol. The van der Waals surface area contributed by atoms with Crippen molar-refractivity contribution in [1.29, 1.82) is 0 Å². The molecule has 8 heteroatoms. The molecule has 0 aliphatic heterocycles. The van der Waals surface area contributed by atoms with Crippen LogP contribution >= 0.6 is 50.5 Å². The molecule has 0 unspecified atom stereocenters. The molecule has 0 saturated carbocycles. The standard InChI is InChI=1S/4C2H7NS/c4*3-1-2-4/h4*4H,1-3H2. The third kappa shape index (κ3) is 113. The lowest BCUT2D eigenvalue weighted by molar-refractivity contribution is 1.16. The smallest absolute Gasteiger partial charge is 0.00255 e. The second-order valence-corrected chi connectivity index (χ2v) is 3.84. The van der Waals surface area contributed by atoms with E-state index in [1.54, 1.807) is 0 Å². The third-order valence-electron chi connectivity index (χ3n) is 0.516. The predicted octanol–water partition coefficient (Wildman–Crippen LogP) is -0.500. The van der Waals surface area contributed by atoms with Crippen molar-refractivity contribution in [3.63, 3.8) is 0 Å². The van der Waals surface area contributed by atoms with E-state index in [1.807, 2.05) is 0 Å². The minimum absolute atomic E-state index is 0.684. The van der Waals surface area contributed by atoms with Gasteiger partial charge in [-0.2, -0.15) is 50.5 Å². The maximum atomic E-state index is 4.95. The summed E-state index contributed by atoms with van der Waals surface area (Å²) in [6.45, 7) is 2.73. The van der Waals surface area contributed by atoms with Gasteiger partial charge in [-0.05, 0) is 0 Å². The Morgan fingerprint density at radius 1 is 0.438 bits per heavy atom. The molecule has 0 atom stereocenters. The van der Waals surface area contributed by atoms with Crippen molar-refractivity contribution in [1.82, 2.24) is 0 Å². The predicted molar refractivity (Wildman–Crippen MR) is 91.6 cm³/mol. The first-order valence-corrected chi connectivity index (χ1v) is 7.43. The van der Waals surface area contributed by atoms with Gasteiger partial charge in [0.05, 0.1) is 0 Å². The highest BCUT2D eigenvalue weighted by atomic mass is 32.1. The Labute approximate surface area is 122 Å². The lowest BCUT2D eigenvalue weighted by Gasteiger charge is -1.69. The first kappa shape index (κ1) is 25.9. The summed E-state index contributed by atoms with van der Waals surface area (Å²) in [5.41, 5.74) is 19.8. The molecular weight excluding hydrogens is 280 g/mol. The van der Waals surface area contributed by atoms with Crippen LogP contribution in [0.5, 0.6) is 0 Å². The molecule has 0 amide bonds. The first-order valence-electron chi connectivity index (χ1n) is 4.90. The van der Waals surface area contributed by atoms with E-state index in [0.717, 1.165) is 23.0 Å². The van der Waals surface area contributed by atoms with Crippen LogP contribution in [0.25, 0.3) is 0 Å². The van der Waals surface area contributed by atoms with Crippen molar-refractivity contribution >= 4 is 50.5 Å². The summed E-state index contributed by atoms with van der Waals surface area (Å²) in [6.07, 6.45) is 0. The van der Waals surface area contributed by atoms with E-state index in [2.05, 4.69) is 50.5 Å². The van der Waals surface area contributed by atoms with Gasteiger partial charge in [0, 0.05) is 49.2 Å². The zero-order chi connectivity index (χ0) is 13.7. The quantitative estimate of drug-likeness (QED) is 0.335. The number of thiol groups is 4. The second kappa shape index (κ2) is 44.2. The molecule has 0 fully saturated rings. The van der Waals surface area contributed by atoms with Gasteiger partial charge in [-0.1, -0.05) is 0 Å². The van der Waals surface area contributed by atoms with Gasteiger partial charge in [0.1, 0.15) is 0 Å². The lowest BCUT2D eigenvalue weighted by atomic mass is 10.8. The molecule has 0 aliphatic rings. The summed E-state index contributed by atoms with van der Waals surface area (Å²) >= 11 is 15.2. The van der Waals surface area contributed by atoms with Crippen LogP contribution in [-0.4, -0.2) is 49.2 Å². The summed E-state index contributed by atoms with van der Waals surface area (Å²) in [6, 6.07) is 0. The summed E-state index contributed by atoms with van der Waals surface area (Å²) in [5.74, 6) is 3.17. The maximum Gasteiger partial charge on any atom is 0.00255 e. The van der Waals surface area contributed by atoms with Crippen molar-refractivity contribution in [2.24, 2.45) is 22.9 Å². The molecule has 0 aromatic rings. The molecule has 16 heavy (non-hydrogen) atoms. The fourth-order valence-electron chi connectivity index (χ4n) is 0. The minimum Gasteiger partial charge on any atom is -0.330 e. The van der Waals surface area contributed by atoms with Gasteiger partial charge in [-0.25, -0.2) is 0 Å². The Kier molecular flexibility index (Phi) is 71.6. The van der Waals surface area contributed by atoms with Gasteiger partial charge in [0.25, 0.3) is 0 Å². The second-order valence-electron chi connectivity index (χ2n) is 2.05.